The van der Waals surface area contributed by atoms with Gasteiger partial charge in [0, 0.05) is 22.3 Å². The number of benzene rings is 2. The van der Waals surface area contributed by atoms with Crippen LogP contribution in [0.2, 0.25) is 0 Å². The second-order valence-electron chi connectivity index (χ2n) is 6.05. The number of thioether (sulfide) groups is 1. The number of nitrogens with zero attached hydrogens (tertiary/aromatic N) is 2. The van der Waals surface area contributed by atoms with Gasteiger partial charge in [-0.3, -0.25) is 9.59 Å². The Morgan fingerprint density at radius 3 is 2.48 bits per heavy atom. The van der Waals surface area contributed by atoms with E-state index >= 15 is 0 Å². The lowest BCUT2D eigenvalue weighted by molar-refractivity contribution is -0.119. The maximum absolute atomic E-state index is 12.8. The van der Waals surface area contributed by atoms with Crippen LogP contribution in [0.25, 0.3) is 11.3 Å². The van der Waals surface area contributed by atoms with Crippen molar-refractivity contribution in [3.63, 3.8) is 0 Å². The molecule has 0 saturated carbocycles. The molecular weight excluding hydrogens is 378 g/mol. The molecule has 0 radical (unpaired) electrons. The lowest BCUT2D eigenvalue weighted by Gasteiger charge is -2.22. The Kier molecular flexibility index (Phi) is 5.22. The Labute approximate surface area is 165 Å². The summed E-state index contributed by atoms with van der Waals surface area (Å²) in [7, 11) is 0. The monoisotopic (exact) mass is 395 g/mol. The summed E-state index contributed by atoms with van der Waals surface area (Å²) in [5.41, 5.74) is 2.43. The van der Waals surface area contributed by atoms with E-state index in [-0.39, 0.29) is 11.8 Å². The summed E-state index contributed by atoms with van der Waals surface area (Å²) in [4.78, 5) is 31.6. The highest BCUT2D eigenvalue weighted by Gasteiger charge is 2.35. The van der Waals surface area contributed by atoms with Crippen LogP contribution in [0.4, 0.5) is 5.13 Å². The van der Waals surface area contributed by atoms with Crippen LogP contribution < -0.4 is 5.32 Å². The van der Waals surface area contributed by atoms with Crippen molar-refractivity contribution in [1.82, 2.24) is 9.88 Å². The summed E-state index contributed by atoms with van der Waals surface area (Å²) < 4.78 is 0. The van der Waals surface area contributed by atoms with E-state index in [0.29, 0.717) is 22.3 Å². The van der Waals surface area contributed by atoms with Crippen LogP contribution >= 0.6 is 23.1 Å². The molecule has 4 rings (SSSR count). The van der Waals surface area contributed by atoms with Gasteiger partial charge in [-0.05, 0) is 12.1 Å². The third-order valence-corrected chi connectivity index (χ3v) is 6.04. The van der Waals surface area contributed by atoms with Gasteiger partial charge in [0.05, 0.1) is 11.6 Å². The highest BCUT2D eigenvalue weighted by atomic mass is 32.2. The van der Waals surface area contributed by atoms with E-state index in [1.165, 1.54) is 11.3 Å². The molecule has 0 spiro atoms. The maximum atomic E-state index is 12.8. The van der Waals surface area contributed by atoms with Crippen LogP contribution in [0.5, 0.6) is 0 Å². The molecule has 1 saturated heterocycles. The van der Waals surface area contributed by atoms with E-state index in [4.69, 9.17) is 0 Å². The lowest BCUT2D eigenvalue weighted by atomic mass is 10.1. The van der Waals surface area contributed by atoms with Gasteiger partial charge in [-0.1, -0.05) is 48.5 Å². The topological polar surface area (TPSA) is 62.3 Å². The maximum Gasteiger partial charge on any atom is 0.255 e. The number of amides is 2. The number of carbonyl (C=O) groups excluding carboxylic acids is 2. The molecule has 1 atom stereocenters. The molecule has 1 aromatic heterocycles. The molecule has 2 aromatic carbocycles. The Morgan fingerprint density at radius 2 is 1.74 bits per heavy atom. The van der Waals surface area contributed by atoms with Gasteiger partial charge in [-0.15, -0.1) is 23.1 Å². The molecule has 0 unspecified atom stereocenters. The minimum absolute atomic E-state index is 0.120. The van der Waals surface area contributed by atoms with Gasteiger partial charge in [-0.2, -0.15) is 0 Å². The molecule has 1 aliphatic heterocycles. The highest BCUT2D eigenvalue weighted by molar-refractivity contribution is 7.99. The third kappa shape index (κ3) is 3.89. The fourth-order valence-electron chi connectivity index (χ4n) is 2.87. The molecule has 3 aromatic rings. The van der Waals surface area contributed by atoms with Crippen molar-refractivity contribution in [3.05, 3.63) is 71.6 Å². The fraction of sp³-hybridized carbons (Fsp3) is 0.150. The Balaban J connectivity index is 1.46. The number of rotatable bonds is 4. The molecule has 0 bridgehead atoms. The van der Waals surface area contributed by atoms with Crippen LogP contribution in [0.1, 0.15) is 10.4 Å². The number of thiazole rings is 1. The summed E-state index contributed by atoms with van der Waals surface area (Å²) in [5.74, 6) is 0.781. The molecule has 0 aliphatic carbocycles. The van der Waals surface area contributed by atoms with Gasteiger partial charge >= 0.3 is 0 Å². The Hall–Kier alpha value is -2.64. The van der Waals surface area contributed by atoms with Gasteiger partial charge in [0.15, 0.2) is 5.13 Å². The predicted octanol–water partition coefficient (Wildman–Crippen LogP) is 3.96. The Bertz CT molecular complexity index is 944. The van der Waals surface area contributed by atoms with Crippen LogP contribution in [-0.2, 0) is 4.79 Å². The molecular formula is C20H17N3O2S2. The third-order valence-electron chi connectivity index (χ3n) is 4.27. The second-order valence-corrected chi connectivity index (χ2v) is 7.91. The van der Waals surface area contributed by atoms with Gasteiger partial charge < -0.3 is 10.2 Å². The zero-order valence-electron chi connectivity index (χ0n) is 14.4. The first-order valence-electron chi connectivity index (χ1n) is 8.48. The average Bonchev–Trinajstić information content (AvgIpc) is 3.38. The molecule has 27 heavy (non-hydrogen) atoms. The SMILES string of the molecule is O=C(Nc1nc(-c2ccccc2)cs1)[C@@H]1CSCN1C(=O)c1ccccc1. The number of hydrogen-bond donors (Lipinski definition) is 1. The molecule has 1 fully saturated rings. The minimum Gasteiger partial charge on any atom is -0.316 e. The first-order valence-corrected chi connectivity index (χ1v) is 10.5. The first-order chi connectivity index (χ1) is 13.2. The highest BCUT2D eigenvalue weighted by Crippen LogP contribution is 2.27. The van der Waals surface area contributed by atoms with Gasteiger partial charge in [0.25, 0.3) is 5.91 Å². The standard InChI is InChI=1S/C20H17N3O2S2/c24-18(22-20-21-16(11-27-20)14-7-3-1-4-8-14)17-12-26-13-23(17)19(25)15-9-5-2-6-10-15/h1-11,17H,12-13H2,(H,21,22,24)/t17-/m0/s1. The zero-order chi connectivity index (χ0) is 18.6. The summed E-state index contributed by atoms with van der Waals surface area (Å²) in [5, 5.41) is 5.33. The summed E-state index contributed by atoms with van der Waals surface area (Å²) in [6.07, 6.45) is 0. The van der Waals surface area contributed by atoms with E-state index in [1.54, 1.807) is 28.8 Å². The van der Waals surface area contributed by atoms with E-state index in [0.717, 1.165) is 11.3 Å². The summed E-state index contributed by atoms with van der Waals surface area (Å²) in [6, 6.07) is 18.4. The van der Waals surface area contributed by atoms with E-state index in [9.17, 15) is 9.59 Å². The zero-order valence-corrected chi connectivity index (χ0v) is 16.0. The predicted molar refractivity (Wildman–Crippen MR) is 110 cm³/mol. The van der Waals surface area contributed by atoms with Crippen LogP contribution in [0.15, 0.2) is 66.0 Å². The molecule has 7 heteroatoms. The largest absolute Gasteiger partial charge is 0.316 e. The molecule has 2 amide bonds. The smallest absolute Gasteiger partial charge is 0.255 e. The fourth-order valence-corrected chi connectivity index (χ4v) is 4.74. The van der Waals surface area contributed by atoms with Crippen molar-refractivity contribution < 1.29 is 9.59 Å². The van der Waals surface area contributed by atoms with Gasteiger partial charge in [-0.25, -0.2) is 4.98 Å². The number of aromatic nitrogens is 1. The van der Waals surface area contributed by atoms with Crippen LogP contribution in [-0.4, -0.2) is 39.4 Å². The number of anilines is 1. The first kappa shape index (κ1) is 17.8. The lowest BCUT2D eigenvalue weighted by Crippen LogP contribution is -2.44. The second kappa shape index (κ2) is 7.94. The Morgan fingerprint density at radius 1 is 1.04 bits per heavy atom. The van der Waals surface area contributed by atoms with E-state index < -0.39 is 6.04 Å². The number of carbonyl (C=O) groups is 2. The van der Waals surface area contributed by atoms with Gasteiger partial charge in [0.1, 0.15) is 6.04 Å². The van der Waals surface area contributed by atoms with Crippen molar-refractivity contribution in [3.8, 4) is 11.3 Å². The van der Waals surface area contributed by atoms with Crippen molar-refractivity contribution in [2.24, 2.45) is 0 Å². The molecule has 136 valence electrons. The number of nitrogens with one attached hydrogen (secondary N) is 1. The molecule has 1 N–H and O–H groups in total. The number of hydrogen-bond acceptors (Lipinski definition) is 5. The molecule has 2 heterocycles. The van der Waals surface area contributed by atoms with Crippen molar-refractivity contribution in [1.29, 1.82) is 0 Å². The van der Waals surface area contributed by atoms with Crippen LogP contribution in [0, 0.1) is 0 Å². The van der Waals surface area contributed by atoms with E-state index in [1.807, 2.05) is 53.9 Å². The summed E-state index contributed by atoms with van der Waals surface area (Å²) >= 11 is 2.97. The quantitative estimate of drug-likeness (QED) is 0.726. The van der Waals surface area contributed by atoms with Crippen molar-refractivity contribution in [2.45, 2.75) is 6.04 Å². The average molecular weight is 396 g/mol. The molecule has 5 nitrogen and oxygen atoms in total. The van der Waals surface area contributed by atoms with Crippen LogP contribution in [0.3, 0.4) is 0 Å². The normalized spacial score (nSPS) is 16.3. The van der Waals surface area contributed by atoms with Crippen molar-refractivity contribution >= 4 is 40.0 Å². The minimum atomic E-state index is -0.494. The van der Waals surface area contributed by atoms with Gasteiger partial charge in [0.2, 0.25) is 5.91 Å². The van der Waals surface area contributed by atoms with Crippen molar-refractivity contribution in [2.75, 3.05) is 16.9 Å². The summed E-state index contributed by atoms with van der Waals surface area (Å²) in [6.45, 7) is 0. The molecule has 1 aliphatic rings. The van der Waals surface area contributed by atoms with E-state index in [2.05, 4.69) is 10.3 Å².